The first-order valence-electron chi connectivity index (χ1n) is 8.74. The summed E-state index contributed by atoms with van der Waals surface area (Å²) >= 11 is 0. The predicted molar refractivity (Wildman–Crippen MR) is 94.4 cm³/mol. The van der Waals surface area contributed by atoms with Gasteiger partial charge in [0, 0.05) is 31.7 Å². The van der Waals surface area contributed by atoms with E-state index >= 15 is 0 Å². The molecule has 28 heavy (non-hydrogen) atoms. The Kier molecular flexibility index (Phi) is 4.83. The summed E-state index contributed by atoms with van der Waals surface area (Å²) in [6.07, 6.45) is 1.46. The van der Waals surface area contributed by atoms with Gasteiger partial charge in [0.05, 0.1) is 6.26 Å². The van der Waals surface area contributed by atoms with Crippen LogP contribution in [-0.4, -0.2) is 68.0 Å². The minimum Gasteiger partial charge on any atom is -0.459 e. The van der Waals surface area contributed by atoms with E-state index in [4.69, 9.17) is 4.42 Å². The minimum absolute atomic E-state index is 0.0552. The molecule has 0 N–H and O–H groups in total. The number of halogens is 1. The van der Waals surface area contributed by atoms with Crippen molar-refractivity contribution < 1.29 is 18.4 Å². The first kappa shape index (κ1) is 17.8. The molecule has 0 unspecified atom stereocenters. The van der Waals surface area contributed by atoms with Crippen LogP contribution in [0.5, 0.6) is 0 Å². The fraction of sp³-hybridized carbons (Fsp3) is 0.278. The molecule has 4 rings (SSSR count). The van der Waals surface area contributed by atoms with Crippen LogP contribution in [-0.2, 0) is 11.3 Å². The number of benzene rings is 1. The lowest BCUT2D eigenvalue weighted by Crippen LogP contribution is -2.51. The molecule has 10 heteroatoms. The molecule has 1 saturated heterocycles. The second-order valence-corrected chi connectivity index (χ2v) is 6.30. The minimum atomic E-state index is -0.351. The van der Waals surface area contributed by atoms with Gasteiger partial charge in [0.1, 0.15) is 12.4 Å². The van der Waals surface area contributed by atoms with Gasteiger partial charge in [0.25, 0.3) is 5.91 Å². The number of hydrogen-bond acceptors (Lipinski definition) is 6. The number of aromatic nitrogens is 4. The lowest BCUT2D eigenvalue weighted by molar-refractivity contribution is -0.133. The second kappa shape index (κ2) is 7.59. The zero-order valence-electron chi connectivity index (χ0n) is 14.9. The Bertz CT molecular complexity index is 962. The average molecular weight is 384 g/mol. The first-order valence-corrected chi connectivity index (χ1v) is 8.74. The van der Waals surface area contributed by atoms with E-state index in [0.29, 0.717) is 43.3 Å². The van der Waals surface area contributed by atoms with Gasteiger partial charge in [-0.1, -0.05) is 0 Å². The molecule has 144 valence electrons. The van der Waals surface area contributed by atoms with Gasteiger partial charge in [-0.05, 0) is 41.6 Å². The molecule has 1 aliphatic heterocycles. The van der Waals surface area contributed by atoms with Crippen molar-refractivity contribution in [3.8, 4) is 11.4 Å². The molecule has 9 nitrogen and oxygen atoms in total. The molecular weight excluding hydrogens is 367 g/mol. The average Bonchev–Trinajstić information content (AvgIpc) is 3.40. The van der Waals surface area contributed by atoms with E-state index in [9.17, 15) is 14.0 Å². The Labute approximate surface area is 159 Å². The Morgan fingerprint density at radius 2 is 1.75 bits per heavy atom. The van der Waals surface area contributed by atoms with E-state index in [1.165, 1.54) is 23.2 Å². The van der Waals surface area contributed by atoms with Gasteiger partial charge in [-0.15, -0.1) is 10.2 Å². The number of carbonyl (C=O) groups is 2. The standard InChI is InChI=1S/C18H17FN6O3/c19-14-5-3-13(4-6-14)17-20-22-25(21-17)12-16(26)23-7-9-24(10-8-23)18(27)15-2-1-11-28-15/h1-6,11H,7-10,12H2. The number of furan rings is 1. The van der Waals surface area contributed by atoms with Crippen molar-refractivity contribution in [1.82, 2.24) is 30.0 Å². The van der Waals surface area contributed by atoms with E-state index in [1.807, 2.05) is 0 Å². The lowest BCUT2D eigenvalue weighted by Gasteiger charge is -2.34. The van der Waals surface area contributed by atoms with Crippen molar-refractivity contribution in [2.75, 3.05) is 26.2 Å². The maximum Gasteiger partial charge on any atom is 0.289 e. The van der Waals surface area contributed by atoms with Crippen LogP contribution in [0.3, 0.4) is 0 Å². The summed E-state index contributed by atoms with van der Waals surface area (Å²) in [4.78, 5) is 29.3. The van der Waals surface area contributed by atoms with Crippen LogP contribution < -0.4 is 0 Å². The molecule has 2 aromatic heterocycles. The van der Waals surface area contributed by atoms with E-state index in [2.05, 4.69) is 15.4 Å². The smallest absolute Gasteiger partial charge is 0.289 e. The number of tetrazole rings is 1. The van der Waals surface area contributed by atoms with Crippen molar-refractivity contribution in [1.29, 1.82) is 0 Å². The predicted octanol–water partition coefficient (Wildman–Crippen LogP) is 1.06. The number of rotatable bonds is 4. The second-order valence-electron chi connectivity index (χ2n) is 6.30. The summed E-state index contributed by atoms with van der Waals surface area (Å²) in [5.41, 5.74) is 0.616. The molecule has 1 aliphatic rings. The molecule has 3 heterocycles. The van der Waals surface area contributed by atoms with Gasteiger partial charge >= 0.3 is 0 Å². The lowest BCUT2D eigenvalue weighted by atomic mass is 10.2. The summed E-state index contributed by atoms with van der Waals surface area (Å²) < 4.78 is 18.1. The Morgan fingerprint density at radius 3 is 2.43 bits per heavy atom. The maximum atomic E-state index is 13.0. The molecule has 0 radical (unpaired) electrons. The van der Waals surface area contributed by atoms with Crippen molar-refractivity contribution in [3.63, 3.8) is 0 Å². The topological polar surface area (TPSA) is 97.4 Å². The normalized spacial score (nSPS) is 14.3. The third-order valence-electron chi connectivity index (χ3n) is 4.48. The Hall–Kier alpha value is -3.56. The van der Waals surface area contributed by atoms with Crippen molar-refractivity contribution >= 4 is 11.8 Å². The SMILES string of the molecule is O=C(Cn1nnc(-c2ccc(F)cc2)n1)N1CCN(C(=O)c2ccco2)CC1. The van der Waals surface area contributed by atoms with Crippen LogP contribution in [0.15, 0.2) is 47.1 Å². The molecule has 2 amide bonds. The Balaban J connectivity index is 1.32. The third-order valence-corrected chi connectivity index (χ3v) is 4.48. The van der Waals surface area contributed by atoms with E-state index in [1.54, 1.807) is 34.1 Å². The monoisotopic (exact) mass is 384 g/mol. The number of carbonyl (C=O) groups excluding carboxylic acids is 2. The molecule has 0 atom stereocenters. The summed E-state index contributed by atoms with van der Waals surface area (Å²) in [5.74, 6) is -0.0790. The van der Waals surface area contributed by atoms with Gasteiger partial charge in [-0.2, -0.15) is 4.80 Å². The van der Waals surface area contributed by atoms with Crippen molar-refractivity contribution in [3.05, 3.63) is 54.2 Å². The highest BCUT2D eigenvalue weighted by Crippen LogP contribution is 2.14. The van der Waals surface area contributed by atoms with Crippen LogP contribution in [0.2, 0.25) is 0 Å². The van der Waals surface area contributed by atoms with E-state index < -0.39 is 0 Å². The molecule has 3 aromatic rings. The molecule has 0 spiro atoms. The summed E-state index contributed by atoms with van der Waals surface area (Å²) in [5, 5.41) is 12.0. The van der Waals surface area contributed by atoms with Crippen LogP contribution in [0.1, 0.15) is 10.6 Å². The summed E-state index contributed by atoms with van der Waals surface area (Å²) in [6, 6.07) is 9.00. The fourth-order valence-electron chi connectivity index (χ4n) is 2.96. The van der Waals surface area contributed by atoms with Crippen LogP contribution >= 0.6 is 0 Å². The van der Waals surface area contributed by atoms with Crippen molar-refractivity contribution in [2.24, 2.45) is 0 Å². The quantitative estimate of drug-likeness (QED) is 0.667. The molecule has 0 saturated carbocycles. The van der Waals surface area contributed by atoms with Gasteiger partial charge < -0.3 is 14.2 Å². The number of piperazine rings is 1. The fourth-order valence-corrected chi connectivity index (χ4v) is 2.96. The van der Waals surface area contributed by atoms with Gasteiger partial charge in [-0.3, -0.25) is 9.59 Å². The highest BCUT2D eigenvalue weighted by atomic mass is 19.1. The molecule has 0 bridgehead atoms. The van der Waals surface area contributed by atoms with Gasteiger partial charge in [0.15, 0.2) is 5.76 Å². The number of hydrogen-bond donors (Lipinski definition) is 0. The number of amides is 2. The highest BCUT2D eigenvalue weighted by Gasteiger charge is 2.26. The van der Waals surface area contributed by atoms with Crippen LogP contribution in [0, 0.1) is 5.82 Å². The first-order chi connectivity index (χ1) is 13.6. The highest BCUT2D eigenvalue weighted by molar-refractivity contribution is 5.91. The van der Waals surface area contributed by atoms with Crippen molar-refractivity contribution in [2.45, 2.75) is 6.54 Å². The zero-order chi connectivity index (χ0) is 19.5. The van der Waals surface area contributed by atoms with Gasteiger partial charge in [-0.25, -0.2) is 4.39 Å². The molecule has 1 aromatic carbocycles. The zero-order valence-corrected chi connectivity index (χ0v) is 14.9. The van der Waals surface area contributed by atoms with Crippen LogP contribution in [0.4, 0.5) is 4.39 Å². The Morgan fingerprint density at radius 1 is 1.04 bits per heavy atom. The molecule has 0 aliphatic carbocycles. The van der Waals surface area contributed by atoms with E-state index in [-0.39, 0.29) is 24.2 Å². The third kappa shape index (κ3) is 3.75. The summed E-state index contributed by atoms with van der Waals surface area (Å²) in [6.45, 7) is 1.64. The molecular formula is C18H17FN6O3. The molecule has 1 fully saturated rings. The van der Waals surface area contributed by atoms with E-state index in [0.717, 1.165) is 0 Å². The van der Waals surface area contributed by atoms with Gasteiger partial charge in [0.2, 0.25) is 11.7 Å². The largest absolute Gasteiger partial charge is 0.459 e. The summed E-state index contributed by atoms with van der Waals surface area (Å²) in [7, 11) is 0. The maximum absolute atomic E-state index is 13.0. The van der Waals surface area contributed by atoms with Crippen LogP contribution in [0.25, 0.3) is 11.4 Å². The number of nitrogens with zero attached hydrogens (tertiary/aromatic N) is 6.